The van der Waals surface area contributed by atoms with E-state index >= 15 is 0 Å². The van der Waals surface area contributed by atoms with E-state index in [1.807, 2.05) is 29.6 Å². The molecular formula is C21H33NS. The molecule has 0 amide bonds. The summed E-state index contributed by atoms with van der Waals surface area (Å²) in [6.45, 7) is 12.2. The fourth-order valence-corrected chi connectivity index (χ4v) is 3.96. The Labute approximate surface area is 147 Å². The van der Waals surface area contributed by atoms with Gasteiger partial charge in [0.05, 0.1) is 15.6 Å². The van der Waals surface area contributed by atoms with Crippen molar-refractivity contribution in [1.29, 1.82) is 0 Å². The van der Waals surface area contributed by atoms with Gasteiger partial charge < -0.3 is 0 Å². The van der Waals surface area contributed by atoms with Crippen molar-refractivity contribution in [3.8, 4) is 0 Å². The highest BCUT2D eigenvalue weighted by atomic mass is 32.1. The summed E-state index contributed by atoms with van der Waals surface area (Å²) in [5, 5.41) is 1.30. The van der Waals surface area contributed by atoms with Crippen LogP contribution in [0.2, 0.25) is 0 Å². The molecule has 1 heterocycles. The Morgan fingerprint density at radius 2 is 1.65 bits per heavy atom. The molecule has 2 heteroatoms. The summed E-state index contributed by atoms with van der Waals surface area (Å²) in [6.07, 6.45) is 19.6. The predicted octanol–water partition coefficient (Wildman–Crippen LogP) is 7.62. The number of aromatic nitrogens is 1. The van der Waals surface area contributed by atoms with E-state index < -0.39 is 0 Å². The second kappa shape index (κ2) is 12.3. The molecule has 1 rings (SSSR count). The van der Waals surface area contributed by atoms with E-state index in [0.717, 1.165) is 5.69 Å². The Morgan fingerprint density at radius 3 is 2.26 bits per heavy atom. The molecule has 0 spiro atoms. The molecule has 0 bridgehead atoms. The molecule has 0 aliphatic rings. The van der Waals surface area contributed by atoms with Crippen molar-refractivity contribution < 1.29 is 0 Å². The van der Waals surface area contributed by atoms with Crippen molar-refractivity contribution in [2.75, 3.05) is 0 Å². The Morgan fingerprint density at radius 1 is 1.00 bits per heavy atom. The summed E-state index contributed by atoms with van der Waals surface area (Å²) >= 11 is 1.84. The quantitative estimate of drug-likeness (QED) is 0.267. The van der Waals surface area contributed by atoms with Crippen LogP contribution in [0.5, 0.6) is 0 Å². The summed E-state index contributed by atoms with van der Waals surface area (Å²) in [5.41, 5.74) is 1.03. The number of hydrogen-bond donors (Lipinski definition) is 0. The van der Waals surface area contributed by atoms with E-state index in [1.54, 1.807) is 0 Å². The van der Waals surface area contributed by atoms with Gasteiger partial charge in [-0.15, -0.1) is 11.3 Å². The fraction of sp³-hybridized carbons (Fsp3) is 0.571. The molecule has 0 aromatic carbocycles. The minimum atomic E-state index is 0.619. The lowest BCUT2D eigenvalue weighted by Crippen LogP contribution is -1.99. The molecule has 0 fully saturated rings. The van der Waals surface area contributed by atoms with Crippen molar-refractivity contribution in [2.24, 2.45) is 0 Å². The molecule has 0 N–H and O–H groups in total. The van der Waals surface area contributed by atoms with E-state index in [0.29, 0.717) is 5.92 Å². The Hall–Kier alpha value is -1.15. The van der Waals surface area contributed by atoms with Gasteiger partial charge in [0.15, 0.2) is 0 Å². The standard InChI is InChI=1S/C21H33NS/c1-5-9-12-14-16-18(15-13-10-6-2)21-22-19(8-4)20(23-21)17-11-7-3/h7-8,11,17-18H,3-6,9-10,12-16H2,1-2H3/b17-11-. The maximum Gasteiger partial charge on any atom is 0.0969 e. The normalized spacial score (nSPS) is 12.6. The third kappa shape index (κ3) is 7.30. The summed E-state index contributed by atoms with van der Waals surface area (Å²) in [5.74, 6) is 0.619. The van der Waals surface area contributed by atoms with Gasteiger partial charge in [-0.05, 0) is 25.0 Å². The van der Waals surface area contributed by atoms with E-state index in [2.05, 4.69) is 33.1 Å². The first kappa shape index (κ1) is 19.9. The molecular weight excluding hydrogens is 298 g/mol. The third-order valence-electron chi connectivity index (χ3n) is 4.19. The van der Waals surface area contributed by atoms with Crippen LogP contribution in [0.1, 0.15) is 93.1 Å². The van der Waals surface area contributed by atoms with Gasteiger partial charge in [-0.2, -0.15) is 0 Å². The number of allylic oxidation sites excluding steroid dienone is 2. The van der Waals surface area contributed by atoms with Crippen LogP contribution in [0.15, 0.2) is 25.3 Å². The zero-order chi connectivity index (χ0) is 16.9. The fourth-order valence-electron chi connectivity index (χ4n) is 2.81. The second-order valence-electron chi connectivity index (χ2n) is 6.14. The number of hydrogen-bond acceptors (Lipinski definition) is 2. The molecule has 23 heavy (non-hydrogen) atoms. The van der Waals surface area contributed by atoms with Crippen LogP contribution < -0.4 is 0 Å². The topological polar surface area (TPSA) is 12.9 Å². The average Bonchev–Trinajstić information content (AvgIpc) is 2.98. The minimum Gasteiger partial charge on any atom is -0.241 e. The Kier molecular flexibility index (Phi) is 10.6. The minimum absolute atomic E-state index is 0.619. The highest BCUT2D eigenvalue weighted by Crippen LogP contribution is 2.34. The van der Waals surface area contributed by atoms with E-state index in [4.69, 9.17) is 4.98 Å². The number of nitrogens with zero attached hydrogens (tertiary/aromatic N) is 1. The maximum absolute atomic E-state index is 4.87. The smallest absolute Gasteiger partial charge is 0.0969 e. The van der Waals surface area contributed by atoms with Gasteiger partial charge in [0.2, 0.25) is 0 Å². The SMILES string of the molecule is C=C/C=C\c1sc(C(CCCCC)CCCCCC)nc1C=C. The zero-order valence-electron chi connectivity index (χ0n) is 15.0. The van der Waals surface area contributed by atoms with Gasteiger partial charge in [-0.25, -0.2) is 4.98 Å². The number of thiazole rings is 1. The largest absolute Gasteiger partial charge is 0.241 e. The van der Waals surface area contributed by atoms with Crippen molar-refractivity contribution >= 4 is 23.5 Å². The first-order valence-corrected chi connectivity index (χ1v) is 10.0. The highest BCUT2D eigenvalue weighted by Gasteiger charge is 2.17. The van der Waals surface area contributed by atoms with Crippen molar-refractivity contribution in [3.63, 3.8) is 0 Å². The molecule has 0 radical (unpaired) electrons. The van der Waals surface area contributed by atoms with Crippen molar-refractivity contribution in [1.82, 2.24) is 4.98 Å². The molecule has 128 valence electrons. The van der Waals surface area contributed by atoms with Gasteiger partial charge in [0, 0.05) is 5.92 Å². The molecule has 0 saturated heterocycles. The second-order valence-corrected chi connectivity index (χ2v) is 7.20. The lowest BCUT2D eigenvalue weighted by Gasteiger charge is -2.14. The lowest BCUT2D eigenvalue weighted by molar-refractivity contribution is 0.499. The van der Waals surface area contributed by atoms with Gasteiger partial charge >= 0.3 is 0 Å². The van der Waals surface area contributed by atoms with Crippen LogP contribution in [0.25, 0.3) is 12.2 Å². The van der Waals surface area contributed by atoms with Gasteiger partial charge in [-0.3, -0.25) is 0 Å². The highest BCUT2D eigenvalue weighted by molar-refractivity contribution is 7.12. The predicted molar refractivity (Wildman–Crippen MR) is 107 cm³/mol. The Balaban J connectivity index is 2.81. The van der Waals surface area contributed by atoms with Crippen LogP contribution in [0, 0.1) is 0 Å². The molecule has 1 nitrogen and oxygen atoms in total. The third-order valence-corrected chi connectivity index (χ3v) is 5.39. The first-order valence-electron chi connectivity index (χ1n) is 9.19. The van der Waals surface area contributed by atoms with Crippen molar-refractivity contribution in [2.45, 2.75) is 77.6 Å². The maximum atomic E-state index is 4.87. The van der Waals surface area contributed by atoms with Crippen LogP contribution in [0.4, 0.5) is 0 Å². The molecule has 0 saturated carbocycles. The molecule has 1 atom stereocenters. The number of unbranched alkanes of at least 4 members (excludes halogenated alkanes) is 5. The molecule has 0 aliphatic carbocycles. The zero-order valence-corrected chi connectivity index (χ0v) is 15.8. The summed E-state index contributed by atoms with van der Waals surface area (Å²) in [6, 6.07) is 0. The van der Waals surface area contributed by atoms with Crippen LogP contribution in [-0.4, -0.2) is 4.98 Å². The van der Waals surface area contributed by atoms with Gasteiger partial charge in [0.25, 0.3) is 0 Å². The number of rotatable bonds is 13. The van der Waals surface area contributed by atoms with Gasteiger partial charge in [0.1, 0.15) is 0 Å². The van der Waals surface area contributed by atoms with E-state index in [1.165, 1.54) is 67.7 Å². The molecule has 1 aromatic rings. The van der Waals surface area contributed by atoms with Crippen LogP contribution in [-0.2, 0) is 0 Å². The lowest BCUT2D eigenvalue weighted by atomic mass is 9.95. The summed E-state index contributed by atoms with van der Waals surface area (Å²) < 4.78 is 0. The molecule has 0 aliphatic heterocycles. The van der Waals surface area contributed by atoms with Crippen LogP contribution in [0.3, 0.4) is 0 Å². The summed E-state index contributed by atoms with van der Waals surface area (Å²) in [4.78, 5) is 6.09. The average molecular weight is 332 g/mol. The van der Waals surface area contributed by atoms with Crippen LogP contribution >= 0.6 is 11.3 Å². The molecule has 1 unspecified atom stereocenters. The Bertz CT molecular complexity index is 484. The van der Waals surface area contributed by atoms with E-state index in [9.17, 15) is 0 Å². The molecule has 1 aromatic heterocycles. The van der Waals surface area contributed by atoms with Gasteiger partial charge in [-0.1, -0.05) is 84.1 Å². The summed E-state index contributed by atoms with van der Waals surface area (Å²) in [7, 11) is 0. The van der Waals surface area contributed by atoms with E-state index in [-0.39, 0.29) is 0 Å². The van der Waals surface area contributed by atoms with Crippen molar-refractivity contribution in [3.05, 3.63) is 40.9 Å². The first-order chi connectivity index (χ1) is 11.3. The monoisotopic (exact) mass is 331 g/mol.